The summed E-state index contributed by atoms with van der Waals surface area (Å²) >= 11 is 0. The number of ether oxygens (including phenoxy) is 2. The summed E-state index contributed by atoms with van der Waals surface area (Å²) in [5.41, 5.74) is 3.56. The Kier molecular flexibility index (Phi) is 6.68. The maximum Gasteiger partial charge on any atom is 0.251 e. The van der Waals surface area contributed by atoms with Gasteiger partial charge in [-0.25, -0.2) is 0 Å². The second kappa shape index (κ2) is 9.60. The average molecular weight is 375 g/mol. The molecule has 0 aliphatic heterocycles. The van der Waals surface area contributed by atoms with Gasteiger partial charge in [0, 0.05) is 17.7 Å². The molecule has 0 fully saturated rings. The first-order valence-electron chi connectivity index (χ1n) is 9.43. The van der Waals surface area contributed by atoms with E-state index in [-0.39, 0.29) is 5.91 Å². The number of hydrogen-bond donors (Lipinski definition) is 1. The van der Waals surface area contributed by atoms with Gasteiger partial charge >= 0.3 is 0 Å². The lowest BCUT2D eigenvalue weighted by molar-refractivity contribution is 0.0950. The average Bonchev–Trinajstić information content (AvgIpc) is 2.73. The van der Waals surface area contributed by atoms with Gasteiger partial charge in [-0.3, -0.25) is 4.79 Å². The van der Waals surface area contributed by atoms with Crippen molar-refractivity contribution in [2.24, 2.45) is 0 Å². The van der Waals surface area contributed by atoms with Gasteiger partial charge in [0.1, 0.15) is 18.1 Å². The van der Waals surface area contributed by atoms with Gasteiger partial charge in [-0.1, -0.05) is 48.5 Å². The molecule has 4 heteroatoms. The summed E-state index contributed by atoms with van der Waals surface area (Å²) in [4.78, 5) is 12.6. The van der Waals surface area contributed by atoms with E-state index in [4.69, 9.17) is 9.47 Å². The van der Waals surface area contributed by atoms with Crippen LogP contribution in [0, 0.1) is 6.92 Å². The van der Waals surface area contributed by atoms with E-state index in [1.54, 1.807) is 6.07 Å². The number of nitrogens with one attached hydrogen (secondary N) is 1. The molecule has 3 rings (SSSR count). The fourth-order valence-electron chi connectivity index (χ4n) is 2.88. The van der Waals surface area contributed by atoms with E-state index in [1.807, 2.05) is 80.6 Å². The minimum Gasteiger partial charge on any atom is -0.493 e. The Morgan fingerprint density at radius 2 is 1.64 bits per heavy atom. The van der Waals surface area contributed by atoms with Crippen LogP contribution in [0.2, 0.25) is 0 Å². The Morgan fingerprint density at radius 3 is 2.39 bits per heavy atom. The third-order valence-electron chi connectivity index (χ3n) is 4.40. The van der Waals surface area contributed by atoms with Gasteiger partial charge < -0.3 is 14.8 Å². The maximum atomic E-state index is 12.6. The highest BCUT2D eigenvalue weighted by Crippen LogP contribution is 2.24. The van der Waals surface area contributed by atoms with Crippen LogP contribution in [0.1, 0.15) is 34.0 Å². The van der Waals surface area contributed by atoms with E-state index in [0.717, 1.165) is 28.2 Å². The molecule has 144 valence electrons. The van der Waals surface area contributed by atoms with Crippen LogP contribution in [-0.4, -0.2) is 12.5 Å². The molecule has 0 radical (unpaired) electrons. The molecule has 0 bridgehead atoms. The summed E-state index contributed by atoms with van der Waals surface area (Å²) in [6, 6.07) is 23.2. The van der Waals surface area contributed by atoms with Gasteiger partial charge in [0.15, 0.2) is 0 Å². The Bertz CT molecular complexity index is 922. The third-order valence-corrected chi connectivity index (χ3v) is 4.40. The van der Waals surface area contributed by atoms with Crippen LogP contribution in [0.3, 0.4) is 0 Å². The zero-order chi connectivity index (χ0) is 19.8. The van der Waals surface area contributed by atoms with Crippen molar-refractivity contribution in [2.75, 3.05) is 6.61 Å². The molecule has 28 heavy (non-hydrogen) atoms. The number of amides is 1. The number of benzene rings is 3. The summed E-state index contributed by atoms with van der Waals surface area (Å²) in [5.74, 6) is 1.43. The Morgan fingerprint density at radius 1 is 0.893 bits per heavy atom. The smallest absolute Gasteiger partial charge is 0.251 e. The van der Waals surface area contributed by atoms with Crippen molar-refractivity contribution in [3.8, 4) is 11.5 Å². The fraction of sp³-hybridized carbons (Fsp3) is 0.208. The minimum absolute atomic E-state index is 0.121. The first kappa shape index (κ1) is 19.5. The molecule has 0 saturated carbocycles. The van der Waals surface area contributed by atoms with Crippen LogP contribution in [0.5, 0.6) is 11.5 Å². The van der Waals surface area contributed by atoms with Crippen molar-refractivity contribution in [2.45, 2.75) is 27.0 Å². The van der Waals surface area contributed by atoms with E-state index in [0.29, 0.717) is 25.3 Å². The molecule has 0 spiro atoms. The predicted octanol–water partition coefficient (Wildman–Crippen LogP) is 4.90. The van der Waals surface area contributed by atoms with Gasteiger partial charge in [-0.05, 0) is 49.2 Å². The number of carbonyl (C=O) groups excluding carboxylic acids is 1. The van der Waals surface area contributed by atoms with E-state index in [1.165, 1.54) is 0 Å². The van der Waals surface area contributed by atoms with Crippen LogP contribution in [0.4, 0.5) is 0 Å². The fourth-order valence-corrected chi connectivity index (χ4v) is 2.88. The molecule has 0 atom stereocenters. The highest BCUT2D eigenvalue weighted by molar-refractivity contribution is 5.94. The normalized spacial score (nSPS) is 10.4. The van der Waals surface area contributed by atoms with Crippen LogP contribution in [0.25, 0.3) is 0 Å². The number of hydrogen-bond acceptors (Lipinski definition) is 3. The van der Waals surface area contributed by atoms with Gasteiger partial charge in [0.25, 0.3) is 5.91 Å². The van der Waals surface area contributed by atoms with Crippen LogP contribution >= 0.6 is 0 Å². The lowest BCUT2D eigenvalue weighted by Gasteiger charge is -2.14. The Balaban J connectivity index is 1.72. The molecule has 3 aromatic carbocycles. The maximum absolute atomic E-state index is 12.6. The molecule has 1 N–H and O–H groups in total. The molecule has 0 aliphatic rings. The standard InChI is InChI=1S/C24H25NO3/c1-3-27-23-14-13-20(24(26)25-16-19-10-5-4-6-11-19)15-21(23)17-28-22-12-8-7-9-18(22)2/h4-15H,3,16-17H2,1-2H3,(H,25,26). The molecular weight excluding hydrogens is 350 g/mol. The summed E-state index contributed by atoms with van der Waals surface area (Å²) in [6.45, 7) is 5.32. The zero-order valence-electron chi connectivity index (χ0n) is 16.3. The lowest BCUT2D eigenvalue weighted by Crippen LogP contribution is -2.23. The Labute approximate surface area is 166 Å². The van der Waals surface area contributed by atoms with Crippen LogP contribution < -0.4 is 14.8 Å². The zero-order valence-corrected chi connectivity index (χ0v) is 16.3. The predicted molar refractivity (Wildman–Crippen MR) is 111 cm³/mol. The monoisotopic (exact) mass is 375 g/mol. The van der Waals surface area contributed by atoms with Gasteiger partial charge in [-0.15, -0.1) is 0 Å². The number of para-hydroxylation sites is 1. The molecule has 0 aliphatic carbocycles. The Hall–Kier alpha value is -3.27. The first-order valence-corrected chi connectivity index (χ1v) is 9.43. The highest BCUT2D eigenvalue weighted by Gasteiger charge is 2.12. The molecule has 1 amide bonds. The van der Waals surface area contributed by atoms with Crippen molar-refractivity contribution in [1.82, 2.24) is 5.32 Å². The van der Waals surface area contributed by atoms with Crippen molar-refractivity contribution in [1.29, 1.82) is 0 Å². The first-order chi connectivity index (χ1) is 13.7. The van der Waals surface area contributed by atoms with E-state index < -0.39 is 0 Å². The topological polar surface area (TPSA) is 47.6 Å². The van der Waals surface area contributed by atoms with Gasteiger partial charge in [0.2, 0.25) is 0 Å². The number of rotatable bonds is 8. The largest absolute Gasteiger partial charge is 0.493 e. The van der Waals surface area contributed by atoms with Gasteiger partial charge in [0.05, 0.1) is 6.61 Å². The van der Waals surface area contributed by atoms with Gasteiger partial charge in [-0.2, -0.15) is 0 Å². The second-order valence-electron chi connectivity index (χ2n) is 6.48. The quantitative estimate of drug-likeness (QED) is 0.609. The molecule has 0 saturated heterocycles. The summed E-state index contributed by atoms with van der Waals surface area (Å²) in [5, 5.41) is 2.96. The van der Waals surface area contributed by atoms with Crippen molar-refractivity contribution in [3.63, 3.8) is 0 Å². The molecule has 0 heterocycles. The molecule has 0 unspecified atom stereocenters. The summed E-state index contributed by atoms with van der Waals surface area (Å²) in [6.07, 6.45) is 0. The van der Waals surface area contributed by atoms with E-state index in [9.17, 15) is 4.79 Å². The summed E-state index contributed by atoms with van der Waals surface area (Å²) in [7, 11) is 0. The van der Waals surface area contributed by atoms with E-state index >= 15 is 0 Å². The number of carbonyl (C=O) groups is 1. The van der Waals surface area contributed by atoms with Crippen molar-refractivity contribution in [3.05, 3.63) is 95.1 Å². The SMILES string of the molecule is CCOc1ccc(C(=O)NCc2ccccc2)cc1COc1ccccc1C. The molecular formula is C24H25NO3. The van der Waals surface area contributed by atoms with E-state index in [2.05, 4.69) is 5.32 Å². The highest BCUT2D eigenvalue weighted by atomic mass is 16.5. The van der Waals surface area contributed by atoms with Crippen LogP contribution in [0.15, 0.2) is 72.8 Å². The van der Waals surface area contributed by atoms with Crippen molar-refractivity contribution < 1.29 is 14.3 Å². The second-order valence-corrected chi connectivity index (χ2v) is 6.48. The van der Waals surface area contributed by atoms with Crippen LogP contribution in [-0.2, 0) is 13.2 Å². The third kappa shape index (κ3) is 5.13. The molecule has 4 nitrogen and oxygen atoms in total. The summed E-state index contributed by atoms with van der Waals surface area (Å²) < 4.78 is 11.7. The minimum atomic E-state index is -0.121. The molecule has 3 aromatic rings. The lowest BCUT2D eigenvalue weighted by atomic mass is 10.1. The molecule has 0 aromatic heterocycles. The number of aryl methyl sites for hydroxylation is 1. The van der Waals surface area contributed by atoms with Crippen molar-refractivity contribution >= 4 is 5.91 Å².